The Hall–Kier alpha value is -3.56. The van der Waals surface area contributed by atoms with Gasteiger partial charge in [0.2, 0.25) is 16.5 Å². The summed E-state index contributed by atoms with van der Waals surface area (Å²) in [5, 5.41) is 18.7. The van der Waals surface area contributed by atoms with Crippen LogP contribution in [0, 0.1) is 6.92 Å². The van der Waals surface area contributed by atoms with Gasteiger partial charge in [0.15, 0.2) is 5.75 Å². The molecule has 1 aromatic heterocycles. The first kappa shape index (κ1) is 30.4. The van der Waals surface area contributed by atoms with Gasteiger partial charge in [-0.2, -0.15) is 40.2 Å². The molecule has 4 aromatic rings. The van der Waals surface area contributed by atoms with Crippen LogP contribution in [0.25, 0.3) is 10.8 Å². The number of phenolic OH excluding ortho intramolecular Hbond substituents is 1. The molecule has 0 aliphatic carbocycles. The molecule has 0 aliphatic heterocycles. The summed E-state index contributed by atoms with van der Waals surface area (Å²) < 4.78 is 102. The smallest absolute Gasteiger partial charge is 0.297 e. The molecule has 0 unspecified atom stereocenters. The second kappa shape index (κ2) is 10.7. The Morgan fingerprint density at radius 1 is 0.756 bits per heavy atom. The molecule has 0 bridgehead atoms. The minimum Gasteiger partial charge on any atom is -0.505 e. The molecule has 41 heavy (non-hydrogen) atoms. The van der Waals surface area contributed by atoms with E-state index in [1.54, 1.807) is 0 Å². The van der Waals surface area contributed by atoms with Crippen LogP contribution >= 0.6 is 23.2 Å². The van der Waals surface area contributed by atoms with Crippen LogP contribution in [-0.2, 0) is 30.4 Å². The van der Waals surface area contributed by atoms with Crippen LogP contribution in [0.15, 0.2) is 61.3 Å². The molecule has 0 atom stereocenters. The Kier molecular flexibility index (Phi) is 7.92. The second-order valence-corrected chi connectivity index (χ2v) is 12.8. The second-order valence-electron chi connectivity index (χ2n) is 8.03. The van der Waals surface area contributed by atoms with Crippen LogP contribution < -0.4 is 5.32 Å². The first-order valence-corrected chi connectivity index (χ1v) is 15.6. The molecule has 1 heterocycles. The Morgan fingerprint density at radius 2 is 1.37 bits per heavy atom. The predicted octanol–water partition coefficient (Wildman–Crippen LogP) is 4.24. The summed E-state index contributed by atoms with van der Waals surface area (Å²) in [6.07, 6.45) is 0. The van der Waals surface area contributed by atoms with E-state index in [0.29, 0.717) is 11.6 Å². The van der Waals surface area contributed by atoms with Crippen molar-refractivity contribution >= 4 is 87.3 Å². The Labute approximate surface area is 241 Å². The molecule has 216 valence electrons. The van der Waals surface area contributed by atoms with Gasteiger partial charge in [0.1, 0.15) is 26.1 Å². The zero-order chi connectivity index (χ0) is 30.5. The number of aromatic hydroxyl groups is 1. The van der Waals surface area contributed by atoms with Crippen molar-refractivity contribution in [3.8, 4) is 5.75 Å². The number of nitrogens with zero attached hydrogens (tertiary/aromatic N) is 5. The summed E-state index contributed by atoms with van der Waals surface area (Å²) in [6.45, 7) is 1.51. The van der Waals surface area contributed by atoms with Gasteiger partial charge in [-0.3, -0.25) is 13.7 Å². The summed E-state index contributed by atoms with van der Waals surface area (Å²) in [5.41, 5.74) is -1.43. The quantitative estimate of drug-likeness (QED) is 0.137. The number of benzene rings is 3. The maximum absolute atomic E-state index is 12.4. The Morgan fingerprint density at radius 3 is 1.93 bits per heavy atom. The number of hydrogen-bond donors (Lipinski definition) is 5. The highest BCUT2D eigenvalue weighted by Crippen LogP contribution is 2.45. The van der Waals surface area contributed by atoms with Crippen LogP contribution in [0.5, 0.6) is 5.75 Å². The maximum atomic E-state index is 12.4. The third-order valence-electron chi connectivity index (χ3n) is 5.20. The average molecular weight is 665 g/mol. The van der Waals surface area contributed by atoms with Crippen molar-refractivity contribution < 1.29 is 44.0 Å². The molecule has 0 amide bonds. The topological polar surface area (TPSA) is 259 Å². The molecular weight excluding hydrogens is 651 g/mol. The molecule has 0 radical (unpaired) electrons. The summed E-state index contributed by atoms with van der Waals surface area (Å²) in [7, 11) is -15.3. The van der Waals surface area contributed by atoms with Crippen LogP contribution in [0.4, 0.5) is 23.0 Å². The first-order valence-electron chi connectivity index (χ1n) is 10.5. The first-order chi connectivity index (χ1) is 18.9. The lowest BCUT2D eigenvalue weighted by Crippen LogP contribution is -2.08. The highest BCUT2D eigenvalue weighted by molar-refractivity contribution is 7.86. The van der Waals surface area contributed by atoms with Gasteiger partial charge in [0, 0.05) is 10.8 Å². The number of phenols is 1. The molecule has 16 nitrogen and oxygen atoms in total. The van der Waals surface area contributed by atoms with E-state index in [9.17, 15) is 44.0 Å². The molecule has 0 saturated carbocycles. The van der Waals surface area contributed by atoms with Crippen molar-refractivity contribution in [3.05, 3.63) is 52.5 Å². The average Bonchev–Trinajstić information content (AvgIpc) is 2.81. The highest BCUT2D eigenvalue weighted by atomic mass is 35.5. The lowest BCUT2D eigenvalue weighted by Gasteiger charge is -2.15. The zero-order valence-corrected chi connectivity index (χ0v) is 23.9. The van der Waals surface area contributed by atoms with Crippen molar-refractivity contribution in [1.29, 1.82) is 0 Å². The van der Waals surface area contributed by atoms with Crippen molar-refractivity contribution in [1.82, 2.24) is 15.0 Å². The van der Waals surface area contributed by atoms with E-state index in [1.165, 1.54) is 13.0 Å². The van der Waals surface area contributed by atoms with E-state index >= 15 is 0 Å². The maximum Gasteiger partial charge on any atom is 0.297 e. The van der Waals surface area contributed by atoms with Crippen LogP contribution in [-0.4, -0.2) is 59.0 Å². The van der Waals surface area contributed by atoms with Gasteiger partial charge >= 0.3 is 0 Å². The fraction of sp³-hybridized carbons (Fsp3) is 0.0500. The minimum absolute atomic E-state index is 0.378. The molecule has 0 saturated heterocycles. The lowest BCUT2D eigenvalue weighted by atomic mass is 10.1. The Bertz CT molecular complexity index is 2090. The fourth-order valence-corrected chi connectivity index (χ4v) is 6.14. The number of halogens is 2. The third-order valence-corrected chi connectivity index (χ3v) is 8.24. The lowest BCUT2D eigenvalue weighted by molar-refractivity contribution is 0.471. The summed E-state index contributed by atoms with van der Waals surface area (Å²) >= 11 is 11.4. The van der Waals surface area contributed by atoms with E-state index in [1.807, 2.05) is 0 Å². The molecule has 0 fully saturated rings. The highest BCUT2D eigenvalue weighted by Gasteiger charge is 2.28. The van der Waals surface area contributed by atoms with E-state index in [-0.39, 0.29) is 16.5 Å². The van der Waals surface area contributed by atoms with E-state index in [0.717, 1.165) is 24.3 Å². The summed E-state index contributed by atoms with van der Waals surface area (Å²) in [6, 6.07) is 6.25. The van der Waals surface area contributed by atoms with Gasteiger partial charge in [0.25, 0.3) is 30.4 Å². The summed E-state index contributed by atoms with van der Waals surface area (Å²) in [5.74, 6) is -1.42. The summed E-state index contributed by atoms with van der Waals surface area (Å²) in [4.78, 5) is 8.07. The molecule has 0 aliphatic rings. The van der Waals surface area contributed by atoms with E-state index < -0.39 is 78.6 Å². The largest absolute Gasteiger partial charge is 0.505 e. The van der Waals surface area contributed by atoms with Gasteiger partial charge in [-0.05, 0) is 66.0 Å². The van der Waals surface area contributed by atoms with Crippen LogP contribution in [0.1, 0.15) is 5.56 Å². The normalized spacial score (nSPS) is 12.7. The molecular formula is C20H14Cl2N6O10S3. The molecule has 4 rings (SSSR count). The number of fused-ring (bicyclic) bond motifs is 1. The van der Waals surface area contributed by atoms with E-state index in [4.69, 9.17) is 23.2 Å². The van der Waals surface area contributed by atoms with Crippen molar-refractivity contribution in [2.45, 2.75) is 21.6 Å². The van der Waals surface area contributed by atoms with Gasteiger partial charge in [-0.25, -0.2) is 0 Å². The molecule has 21 heteroatoms. The monoisotopic (exact) mass is 664 g/mol. The number of azo groups is 1. The standard InChI is InChI=1S/C20H14Cl2N6O10S3/c1-8-2-4-11(13(6-8)39(30,31)32)27-28-15-14(40(33,34)35)7-10-9(16(15)29)3-5-12(17(10)41(36,37)38)23-20-25-18(21)24-19(22)26-20/h2-7,29H,1H3,(H,30,31,32)(H,33,34,35)(H,36,37,38)(H,23,24,25,26). The predicted molar refractivity (Wildman–Crippen MR) is 144 cm³/mol. The SMILES string of the molecule is Cc1ccc(N=Nc2c(S(=O)(=O)O)cc3c(S(=O)(=O)O)c(Nc4nc(Cl)nc(Cl)n4)ccc3c2O)c(S(=O)(=O)O)c1. The van der Waals surface area contributed by atoms with Crippen molar-refractivity contribution in [2.24, 2.45) is 10.2 Å². The number of hydrogen-bond acceptors (Lipinski definition) is 13. The van der Waals surface area contributed by atoms with Gasteiger partial charge in [-0.1, -0.05) is 6.07 Å². The fourth-order valence-electron chi connectivity index (χ4n) is 3.58. The van der Waals surface area contributed by atoms with Crippen LogP contribution in [0.2, 0.25) is 10.6 Å². The number of aryl methyl sites for hydroxylation is 1. The number of nitrogens with one attached hydrogen (secondary N) is 1. The number of anilines is 2. The molecule has 0 spiro atoms. The van der Waals surface area contributed by atoms with Gasteiger partial charge < -0.3 is 10.4 Å². The van der Waals surface area contributed by atoms with Gasteiger partial charge in [-0.15, -0.1) is 10.2 Å². The molecule has 3 aromatic carbocycles. The van der Waals surface area contributed by atoms with Gasteiger partial charge in [0.05, 0.1) is 5.69 Å². The van der Waals surface area contributed by atoms with Crippen LogP contribution in [0.3, 0.4) is 0 Å². The Balaban J connectivity index is 2.01. The van der Waals surface area contributed by atoms with Crippen molar-refractivity contribution in [2.75, 3.05) is 5.32 Å². The zero-order valence-electron chi connectivity index (χ0n) is 19.9. The third kappa shape index (κ3) is 6.52. The van der Waals surface area contributed by atoms with Crippen molar-refractivity contribution in [3.63, 3.8) is 0 Å². The number of rotatable bonds is 7. The van der Waals surface area contributed by atoms with E-state index in [2.05, 4.69) is 30.5 Å². The minimum atomic E-state index is -5.29. The number of aromatic nitrogens is 3. The molecule has 5 N–H and O–H groups in total.